The highest BCUT2D eigenvalue weighted by molar-refractivity contribution is 7.80. The number of H-pyrrole nitrogens is 1. The van der Waals surface area contributed by atoms with Crippen LogP contribution in [0.5, 0.6) is 0 Å². The van der Waals surface area contributed by atoms with E-state index < -0.39 is 5.91 Å². The van der Waals surface area contributed by atoms with E-state index in [0.29, 0.717) is 11.3 Å². The normalized spacial score (nSPS) is 9.89. The van der Waals surface area contributed by atoms with Gasteiger partial charge in [-0.3, -0.25) is 9.59 Å². The smallest absolute Gasteiger partial charge is 0.261 e. The predicted molar refractivity (Wildman–Crippen MR) is 77.3 cm³/mol. The van der Waals surface area contributed by atoms with Gasteiger partial charge in [-0.1, -0.05) is 12.2 Å². The summed E-state index contributed by atoms with van der Waals surface area (Å²) in [6.07, 6.45) is 2.83. The number of aromatic nitrogens is 1. The van der Waals surface area contributed by atoms with Crippen molar-refractivity contribution in [3.63, 3.8) is 0 Å². The molecule has 0 atom stereocenters. The second kappa shape index (κ2) is 5.45. The van der Waals surface area contributed by atoms with Gasteiger partial charge in [0, 0.05) is 29.7 Å². The zero-order chi connectivity index (χ0) is 13.8. The van der Waals surface area contributed by atoms with Gasteiger partial charge in [-0.2, -0.15) is 0 Å². The number of carbonyl (C=O) groups is 1. The van der Waals surface area contributed by atoms with Gasteiger partial charge in [0.05, 0.1) is 0 Å². The van der Waals surface area contributed by atoms with Crippen molar-refractivity contribution in [1.29, 1.82) is 0 Å². The van der Waals surface area contributed by atoms with Crippen molar-refractivity contribution in [2.75, 3.05) is 5.32 Å². The number of anilines is 1. The molecule has 4 N–H and O–H groups in total. The minimum Gasteiger partial charge on any atom is -0.389 e. The van der Waals surface area contributed by atoms with Gasteiger partial charge in [0.15, 0.2) is 5.43 Å². The second-order valence-corrected chi connectivity index (χ2v) is 4.26. The Bertz CT molecular complexity index is 677. The van der Waals surface area contributed by atoms with Crippen molar-refractivity contribution in [2.24, 2.45) is 5.73 Å². The van der Waals surface area contributed by atoms with Crippen molar-refractivity contribution in [2.45, 2.75) is 0 Å². The van der Waals surface area contributed by atoms with E-state index in [1.54, 1.807) is 24.3 Å². The largest absolute Gasteiger partial charge is 0.389 e. The monoisotopic (exact) mass is 273 g/mol. The van der Waals surface area contributed by atoms with Crippen LogP contribution in [0.4, 0.5) is 5.69 Å². The van der Waals surface area contributed by atoms with Crippen LogP contribution in [0, 0.1) is 0 Å². The standard InChI is InChI=1S/C13H11N3O2S/c14-12(19)8-1-3-9(4-2-8)16-13(18)10-7-15-6-5-11(10)17/h1-7H,(H2,14,19)(H,15,17)(H,16,18). The van der Waals surface area contributed by atoms with Crippen LogP contribution in [0.3, 0.4) is 0 Å². The van der Waals surface area contributed by atoms with E-state index in [2.05, 4.69) is 10.3 Å². The molecule has 0 spiro atoms. The summed E-state index contributed by atoms with van der Waals surface area (Å²) in [5.74, 6) is -0.468. The summed E-state index contributed by atoms with van der Waals surface area (Å²) < 4.78 is 0. The molecule has 0 radical (unpaired) electrons. The number of pyridine rings is 1. The van der Waals surface area contributed by atoms with Gasteiger partial charge in [-0.15, -0.1) is 0 Å². The first kappa shape index (κ1) is 13.0. The third kappa shape index (κ3) is 3.05. The van der Waals surface area contributed by atoms with E-state index in [1.165, 1.54) is 18.5 Å². The lowest BCUT2D eigenvalue weighted by molar-refractivity contribution is 0.102. The highest BCUT2D eigenvalue weighted by atomic mass is 32.1. The number of hydrogen-bond donors (Lipinski definition) is 3. The van der Waals surface area contributed by atoms with Gasteiger partial charge >= 0.3 is 0 Å². The molecular formula is C13H11N3O2S. The number of thiocarbonyl (C=S) groups is 1. The van der Waals surface area contributed by atoms with E-state index >= 15 is 0 Å². The zero-order valence-electron chi connectivity index (χ0n) is 9.84. The van der Waals surface area contributed by atoms with Crippen molar-refractivity contribution in [1.82, 2.24) is 4.98 Å². The SMILES string of the molecule is NC(=S)c1ccc(NC(=O)c2c[nH]ccc2=O)cc1. The fourth-order valence-corrected chi connectivity index (χ4v) is 1.65. The van der Waals surface area contributed by atoms with E-state index in [1.807, 2.05) is 0 Å². The van der Waals surface area contributed by atoms with E-state index in [-0.39, 0.29) is 16.0 Å². The summed E-state index contributed by atoms with van der Waals surface area (Å²) >= 11 is 4.83. The van der Waals surface area contributed by atoms with Gasteiger partial charge in [-0.25, -0.2) is 0 Å². The first-order chi connectivity index (χ1) is 9.08. The van der Waals surface area contributed by atoms with Gasteiger partial charge in [0.25, 0.3) is 5.91 Å². The summed E-state index contributed by atoms with van der Waals surface area (Å²) in [6.45, 7) is 0. The molecule has 0 saturated heterocycles. The third-order valence-electron chi connectivity index (χ3n) is 2.50. The van der Waals surface area contributed by atoms with Crippen molar-refractivity contribution >= 4 is 28.8 Å². The van der Waals surface area contributed by atoms with Crippen molar-refractivity contribution < 1.29 is 4.79 Å². The Kier molecular flexibility index (Phi) is 3.72. The number of benzene rings is 1. The van der Waals surface area contributed by atoms with Gasteiger partial charge < -0.3 is 16.0 Å². The second-order valence-electron chi connectivity index (χ2n) is 3.82. The van der Waals surface area contributed by atoms with Crippen molar-refractivity contribution in [3.8, 4) is 0 Å². The van der Waals surface area contributed by atoms with Crippen molar-refractivity contribution in [3.05, 3.63) is 64.1 Å². The molecule has 0 aliphatic carbocycles. The molecule has 1 aromatic heterocycles. The maximum Gasteiger partial charge on any atom is 0.261 e. The molecule has 2 rings (SSSR count). The molecule has 6 heteroatoms. The van der Waals surface area contributed by atoms with Crippen LogP contribution < -0.4 is 16.5 Å². The molecule has 0 saturated carbocycles. The summed E-state index contributed by atoms with van der Waals surface area (Å²) in [6, 6.07) is 8.04. The van der Waals surface area contributed by atoms with Crippen LogP contribution in [0.25, 0.3) is 0 Å². The molecule has 96 valence electrons. The molecule has 1 heterocycles. The first-order valence-electron chi connectivity index (χ1n) is 5.46. The average Bonchev–Trinajstić information content (AvgIpc) is 2.39. The molecule has 5 nitrogen and oxygen atoms in total. The lowest BCUT2D eigenvalue weighted by Gasteiger charge is -2.05. The fourth-order valence-electron chi connectivity index (χ4n) is 1.51. The summed E-state index contributed by atoms with van der Waals surface area (Å²) in [7, 11) is 0. The molecule has 0 bridgehead atoms. The highest BCUT2D eigenvalue weighted by Gasteiger charge is 2.09. The topological polar surface area (TPSA) is 88.0 Å². The Balaban J connectivity index is 2.18. The van der Waals surface area contributed by atoms with Crippen LogP contribution in [-0.4, -0.2) is 15.9 Å². The maximum atomic E-state index is 11.9. The third-order valence-corrected chi connectivity index (χ3v) is 2.73. The minimum atomic E-state index is -0.468. The first-order valence-corrected chi connectivity index (χ1v) is 5.87. The number of nitrogens with two attached hydrogens (primary N) is 1. The highest BCUT2D eigenvalue weighted by Crippen LogP contribution is 2.10. The number of carbonyl (C=O) groups excluding carboxylic acids is 1. The summed E-state index contributed by atoms with van der Waals surface area (Å²) in [4.78, 5) is 26.3. The van der Waals surface area contributed by atoms with Crippen LogP contribution in [0.1, 0.15) is 15.9 Å². The average molecular weight is 273 g/mol. The summed E-state index contributed by atoms with van der Waals surface area (Å²) in [5.41, 5.74) is 6.47. The van der Waals surface area contributed by atoms with Gasteiger partial charge in [0.2, 0.25) is 0 Å². The Morgan fingerprint density at radius 2 is 1.89 bits per heavy atom. The summed E-state index contributed by atoms with van der Waals surface area (Å²) in [5, 5.41) is 2.62. The van der Waals surface area contributed by atoms with E-state index in [4.69, 9.17) is 18.0 Å². The predicted octanol–water partition coefficient (Wildman–Crippen LogP) is 1.26. The number of nitrogens with one attached hydrogen (secondary N) is 2. The number of aromatic amines is 1. The molecule has 1 aromatic carbocycles. The van der Waals surface area contributed by atoms with Crippen LogP contribution >= 0.6 is 12.2 Å². The molecule has 19 heavy (non-hydrogen) atoms. The Hall–Kier alpha value is -2.47. The zero-order valence-corrected chi connectivity index (χ0v) is 10.7. The van der Waals surface area contributed by atoms with Crippen LogP contribution in [-0.2, 0) is 0 Å². The van der Waals surface area contributed by atoms with E-state index in [0.717, 1.165) is 0 Å². The Morgan fingerprint density at radius 3 is 2.47 bits per heavy atom. The molecule has 0 aliphatic rings. The fraction of sp³-hybridized carbons (Fsp3) is 0. The number of hydrogen-bond acceptors (Lipinski definition) is 3. The Labute approximate surface area is 114 Å². The quantitative estimate of drug-likeness (QED) is 0.735. The minimum absolute atomic E-state index is 0.0564. The van der Waals surface area contributed by atoms with E-state index in [9.17, 15) is 9.59 Å². The molecule has 0 unspecified atom stereocenters. The number of rotatable bonds is 3. The molecule has 1 amide bonds. The van der Waals surface area contributed by atoms with Crippen LogP contribution in [0.15, 0.2) is 47.5 Å². The molecule has 2 aromatic rings. The van der Waals surface area contributed by atoms with Gasteiger partial charge in [-0.05, 0) is 24.3 Å². The van der Waals surface area contributed by atoms with Crippen LogP contribution in [0.2, 0.25) is 0 Å². The Morgan fingerprint density at radius 1 is 1.21 bits per heavy atom. The maximum absolute atomic E-state index is 11.9. The van der Waals surface area contributed by atoms with Gasteiger partial charge in [0.1, 0.15) is 10.6 Å². The lowest BCUT2D eigenvalue weighted by Crippen LogP contribution is -2.20. The molecule has 0 aliphatic heterocycles. The lowest BCUT2D eigenvalue weighted by atomic mass is 10.2. The molecular weight excluding hydrogens is 262 g/mol. The molecule has 0 fully saturated rings. The number of amides is 1.